The second kappa shape index (κ2) is 10.00. The summed E-state index contributed by atoms with van der Waals surface area (Å²) in [6.07, 6.45) is 4.31. The maximum Gasteiger partial charge on any atom is 0.255 e. The number of hydrogen-bond acceptors (Lipinski definition) is 3. The molecule has 1 N–H and O–H groups in total. The van der Waals surface area contributed by atoms with E-state index in [0.717, 1.165) is 49.9 Å². The molecule has 2 aromatic rings. The van der Waals surface area contributed by atoms with E-state index in [1.807, 2.05) is 11.8 Å². The molecule has 0 aromatic heterocycles. The average Bonchev–Trinajstić information content (AvgIpc) is 3.34. The summed E-state index contributed by atoms with van der Waals surface area (Å²) in [6.45, 7) is 6.87. The molecule has 1 aliphatic carbocycles. The van der Waals surface area contributed by atoms with Gasteiger partial charge < -0.3 is 10.2 Å². The monoisotopic (exact) mass is 455 g/mol. The lowest BCUT2D eigenvalue weighted by molar-refractivity contribution is -0.137. The van der Waals surface area contributed by atoms with Crippen LogP contribution in [-0.4, -0.2) is 47.8 Å². The van der Waals surface area contributed by atoms with Crippen LogP contribution in [0.2, 0.25) is 0 Å². The second-order valence-electron chi connectivity index (χ2n) is 9.24. The summed E-state index contributed by atoms with van der Waals surface area (Å²) < 4.78 is 27.9. The molecule has 2 aliphatic rings. The molecule has 7 heteroatoms. The van der Waals surface area contributed by atoms with Crippen molar-refractivity contribution in [1.29, 1.82) is 0 Å². The first-order valence-corrected chi connectivity index (χ1v) is 11.7. The number of rotatable bonds is 5. The van der Waals surface area contributed by atoms with E-state index in [-0.39, 0.29) is 17.6 Å². The molecule has 4 rings (SSSR count). The highest BCUT2D eigenvalue weighted by Crippen LogP contribution is 2.28. The third kappa shape index (κ3) is 5.41. The standard InChI is InChI=1S/C26H31F2N3O2/c1-17-13-20(7-8-23(17)28)25(32)29-24-15-22(27)14-21(18(24)2)16-30-9-11-31(12-10-30)26(33)19-5-3-4-6-19/h7-8,13-15,19H,3-6,9-12,16H2,1-2H3,(H,29,32). The van der Waals surface area contributed by atoms with Crippen molar-refractivity contribution in [3.05, 3.63) is 64.2 Å². The van der Waals surface area contributed by atoms with Gasteiger partial charge in [-0.3, -0.25) is 14.5 Å². The number of piperazine rings is 1. The Morgan fingerprint density at radius 2 is 1.70 bits per heavy atom. The molecule has 0 unspecified atom stereocenters. The number of nitrogens with zero attached hydrogens (tertiary/aromatic N) is 2. The lowest BCUT2D eigenvalue weighted by atomic mass is 10.0. The topological polar surface area (TPSA) is 52.7 Å². The Balaban J connectivity index is 1.40. The Labute approximate surface area is 193 Å². The van der Waals surface area contributed by atoms with Crippen molar-refractivity contribution < 1.29 is 18.4 Å². The van der Waals surface area contributed by atoms with E-state index in [0.29, 0.717) is 36.4 Å². The lowest BCUT2D eigenvalue weighted by Gasteiger charge is -2.36. The summed E-state index contributed by atoms with van der Waals surface area (Å²) in [5.74, 6) is -0.720. The van der Waals surface area contributed by atoms with E-state index in [1.165, 1.54) is 30.3 Å². The molecule has 0 bridgehead atoms. The van der Waals surface area contributed by atoms with Crippen LogP contribution in [0, 0.1) is 31.4 Å². The highest BCUT2D eigenvalue weighted by molar-refractivity contribution is 6.04. The molecule has 0 spiro atoms. The zero-order valence-corrected chi connectivity index (χ0v) is 19.3. The Morgan fingerprint density at radius 3 is 2.36 bits per heavy atom. The Bertz CT molecular complexity index is 1040. The first-order valence-electron chi connectivity index (χ1n) is 11.7. The fourth-order valence-corrected chi connectivity index (χ4v) is 4.81. The summed E-state index contributed by atoms with van der Waals surface area (Å²) in [6, 6.07) is 6.96. The minimum atomic E-state index is -0.420. The second-order valence-corrected chi connectivity index (χ2v) is 9.24. The average molecular weight is 456 g/mol. The van der Waals surface area contributed by atoms with E-state index >= 15 is 0 Å². The van der Waals surface area contributed by atoms with E-state index in [9.17, 15) is 18.4 Å². The van der Waals surface area contributed by atoms with Crippen LogP contribution < -0.4 is 5.32 Å². The van der Waals surface area contributed by atoms with E-state index in [2.05, 4.69) is 10.2 Å². The molecule has 33 heavy (non-hydrogen) atoms. The molecule has 5 nitrogen and oxygen atoms in total. The summed E-state index contributed by atoms with van der Waals surface area (Å²) in [4.78, 5) is 29.5. The number of carbonyl (C=O) groups excluding carboxylic acids is 2. The molecule has 1 saturated carbocycles. The van der Waals surface area contributed by atoms with Crippen molar-refractivity contribution in [3.8, 4) is 0 Å². The number of benzene rings is 2. The molecular weight excluding hydrogens is 424 g/mol. The van der Waals surface area contributed by atoms with Crippen molar-refractivity contribution in [3.63, 3.8) is 0 Å². The fraction of sp³-hybridized carbons (Fsp3) is 0.462. The zero-order valence-electron chi connectivity index (χ0n) is 19.3. The van der Waals surface area contributed by atoms with Crippen LogP contribution in [0.1, 0.15) is 52.7 Å². The predicted octanol–water partition coefficient (Wildman–Crippen LogP) is 4.67. The van der Waals surface area contributed by atoms with Crippen LogP contribution in [0.15, 0.2) is 30.3 Å². The van der Waals surface area contributed by atoms with Crippen molar-refractivity contribution in [2.24, 2.45) is 5.92 Å². The highest BCUT2D eigenvalue weighted by Gasteiger charge is 2.29. The van der Waals surface area contributed by atoms with Gasteiger partial charge in [-0.2, -0.15) is 0 Å². The summed E-state index contributed by atoms with van der Waals surface area (Å²) in [5.41, 5.74) is 2.71. The zero-order chi connectivity index (χ0) is 23.5. The number of amides is 2. The first-order chi connectivity index (χ1) is 15.8. The molecule has 1 saturated heterocycles. The van der Waals surface area contributed by atoms with Crippen LogP contribution in [-0.2, 0) is 11.3 Å². The van der Waals surface area contributed by atoms with Crippen molar-refractivity contribution in [2.75, 3.05) is 31.5 Å². The highest BCUT2D eigenvalue weighted by atomic mass is 19.1. The Morgan fingerprint density at radius 1 is 1.00 bits per heavy atom. The van der Waals surface area contributed by atoms with Crippen molar-refractivity contribution in [2.45, 2.75) is 46.1 Å². The van der Waals surface area contributed by atoms with Gasteiger partial charge in [0.25, 0.3) is 5.91 Å². The molecule has 1 aliphatic heterocycles. The van der Waals surface area contributed by atoms with Gasteiger partial charge in [-0.1, -0.05) is 12.8 Å². The molecule has 176 valence electrons. The Hall–Kier alpha value is -2.80. The molecule has 0 radical (unpaired) electrons. The number of carbonyl (C=O) groups is 2. The number of nitrogens with one attached hydrogen (secondary N) is 1. The van der Waals surface area contributed by atoms with Crippen LogP contribution in [0.5, 0.6) is 0 Å². The minimum Gasteiger partial charge on any atom is -0.340 e. The number of halogens is 2. The van der Waals surface area contributed by atoms with Gasteiger partial charge in [0.2, 0.25) is 5.91 Å². The maximum atomic E-state index is 14.4. The number of anilines is 1. The molecule has 1 heterocycles. The largest absolute Gasteiger partial charge is 0.340 e. The van der Waals surface area contributed by atoms with E-state index in [4.69, 9.17) is 0 Å². The van der Waals surface area contributed by atoms with Gasteiger partial charge in [0.05, 0.1) is 0 Å². The molecular formula is C26H31F2N3O2. The van der Waals surface area contributed by atoms with Gasteiger partial charge >= 0.3 is 0 Å². The van der Waals surface area contributed by atoms with Gasteiger partial charge in [0, 0.05) is 49.9 Å². The van der Waals surface area contributed by atoms with Crippen LogP contribution in [0.25, 0.3) is 0 Å². The van der Waals surface area contributed by atoms with Crippen LogP contribution in [0.4, 0.5) is 14.5 Å². The van der Waals surface area contributed by atoms with Gasteiger partial charge in [-0.05, 0) is 73.7 Å². The van der Waals surface area contributed by atoms with Gasteiger partial charge in [0.15, 0.2) is 0 Å². The van der Waals surface area contributed by atoms with Gasteiger partial charge in [-0.25, -0.2) is 8.78 Å². The summed E-state index contributed by atoms with van der Waals surface area (Å²) >= 11 is 0. The SMILES string of the molecule is Cc1cc(C(=O)Nc2cc(F)cc(CN3CCN(C(=O)C4CCCC4)CC3)c2C)ccc1F. The van der Waals surface area contributed by atoms with E-state index < -0.39 is 11.7 Å². The van der Waals surface area contributed by atoms with Crippen LogP contribution >= 0.6 is 0 Å². The third-order valence-corrected chi connectivity index (χ3v) is 6.93. The lowest BCUT2D eigenvalue weighted by Crippen LogP contribution is -2.49. The smallest absolute Gasteiger partial charge is 0.255 e. The normalized spacial score (nSPS) is 17.4. The molecule has 0 atom stereocenters. The van der Waals surface area contributed by atoms with Gasteiger partial charge in [0.1, 0.15) is 11.6 Å². The first kappa shape index (κ1) is 23.4. The van der Waals surface area contributed by atoms with Crippen molar-refractivity contribution in [1.82, 2.24) is 9.80 Å². The van der Waals surface area contributed by atoms with Crippen LogP contribution in [0.3, 0.4) is 0 Å². The number of hydrogen-bond donors (Lipinski definition) is 1. The molecule has 2 amide bonds. The summed E-state index contributed by atoms with van der Waals surface area (Å²) in [7, 11) is 0. The Kier molecular flexibility index (Phi) is 7.08. The quantitative estimate of drug-likeness (QED) is 0.713. The molecule has 2 fully saturated rings. The number of aryl methyl sites for hydroxylation is 1. The minimum absolute atomic E-state index is 0.193. The van der Waals surface area contributed by atoms with Crippen molar-refractivity contribution >= 4 is 17.5 Å². The fourth-order valence-electron chi connectivity index (χ4n) is 4.81. The summed E-state index contributed by atoms with van der Waals surface area (Å²) in [5, 5.41) is 2.77. The predicted molar refractivity (Wildman–Crippen MR) is 124 cm³/mol. The van der Waals surface area contributed by atoms with Gasteiger partial charge in [-0.15, -0.1) is 0 Å². The van der Waals surface area contributed by atoms with E-state index in [1.54, 1.807) is 6.92 Å². The molecule has 2 aromatic carbocycles. The third-order valence-electron chi connectivity index (χ3n) is 6.93. The maximum absolute atomic E-state index is 14.4.